The minimum absolute atomic E-state index is 0.193. The molecule has 19 heavy (non-hydrogen) atoms. The molecular weight excluding hydrogens is 240 g/mol. The fourth-order valence-corrected chi connectivity index (χ4v) is 2.76. The maximum Gasteiger partial charge on any atom is 0.141 e. The molecule has 1 saturated carbocycles. The van der Waals surface area contributed by atoms with E-state index in [0.717, 1.165) is 25.4 Å². The quantitative estimate of drug-likeness (QED) is 0.857. The van der Waals surface area contributed by atoms with Crippen LogP contribution in [0.3, 0.4) is 0 Å². The first-order chi connectivity index (χ1) is 8.96. The van der Waals surface area contributed by atoms with Crippen LogP contribution in [0.4, 0.5) is 0 Å². The Labute approximate surface area is 115 Å². The molecule has 1 aliphatic rings. The Bertz CT molecular complexity index is 413. The van der Waals surface area contributed by atoms with E-state index in [0.29, 0.717) is 18.2 Å². The molecule has 2 rings (SSSR count). The Morgan fingerprint density at radius 2 is 2.26 bits per heavy atom. The van der Waals surface area contributed by atoms with Crippen molar-refractivity contribution < 1.29 is 4.74 Å². The van der Waals surface area contributed by atoms with Gasteiger partial charge in [-0.25, -0.2) is 9.67 Å². The highest BCUT2D eigenvalue weighted by Gasteiger charge is 2.48. The highest BCUT2D eigenvalue weighted by Crippen LogP contribution is 2.42. The van der Waals surface area contributed by atoms with E-state index in [9.17, 15) is 0 Å². The Kier molecular flexibility index (Phi) is 4.26. The monoisotopic (exact) mass is 266 g/mol. The molecule has 5 nitrogen and oxygen atoms in total. The van der Waals surface area contributed by atoms with E-state index in [1.807, 2.05) is 4.68 Å². The fraction of sp³-hybridized carbons (Fsp3) is 0.857. The van der Waals surface area contributed by atoms with Crippen molar-refractivity contribution >= 4 is 0 Å². The normalized spacial score (nSPS) is 25.6. The zero-order chi connectivity index (χ0) is 14.0. The van der Waals surface area contributed by atoms with E-state index < -0.39 is 0 Å². The maximum absolute atomic E-state index is 5.75. The number of hydrogen-bond donors (Lipinski definition) is 1. The second kappa shape index (κ2) is 5.59. The molecule has 108 valence electrons. The smallest absolute Gasteiger partial charge is 0.141 e. The first kappa shape index (κ1) is 14.5. The third-order valence-corrected chi connectivity index (χ3v) is 4.19. The summed E-state index contributed by atoms with van der Waals surface area (Å²) in [6.07, 6.45) is 3.08. The zero-order valence-corrected chi connectivity index (χ0v) is 12.7. The van der Waals surface area contributed by atoms with Crippen LogP contribution in [0.25, 0.3) is 0 Å². The Hall–Kier alpha value is -0.940. The van der Waals surface area contributed by atoms with Crippen molar-refractivity contribution in [2.24, 2.45) is 5.41 Å². The predicted octanol–water partition coefficient (Wildman–Crippen LogP) is 2.15. The van der Waals surface area contributed by atoms with Crippen LogP contribution < -0.4 is 5.32 Å². The lowest BCUT2D eigenvalue weighted by atomic mass is 9.64. The van der Waals surface area contributed by atoms with Crippen LogP contribution in [0.1, 0.15) is 52.9 Å². The summed E-state index contributed by atoms with van der Waals surface area (Å²) in [6, 6.07) is 0.839. The third kappa shape index (κ3) is 2.82. The topological polar surface area (TPSA) is 52.0 Å². The van der Waals surface area contributed by atoms with Gasteiger partial charge in [-0.1, -0.05) is 13.8 Å². The van der Waals surface area contributed by atoms with E-state index >= 15 is 0 Å². The molecule has 0 saturated heterocycles. The molecule has 1 aromatic rings. The molecule has 0 amide bonds. The number of hydrogen-bond acceptors (Lipinski definition) is 4. The molecule has 0 radical (unpaired) electrons. The van der Waals surface area contributed by atoms with Gasteiger partial charge in [0.25, 0.3) is 0 Å². The average Bonchev–Trinajstić information content (AvgIpc) is 2.81. The molecule has 1 fully saturated rings. The van der Waals surface area contributed by atoms with Crippen LogP contribution in [-0.4, -0.2) is 33.5 Å². The average molecular weight is 266 g/mol. The highest BCUT2D eigenvalue weighted by atomic mass is 16.5. The lowest BCUT2D eigenvalue weighted by Crippen LogP contribution is -2.60. The van der Waals surface area contributed by atoms with Crippen molar-refractivity contribution in [2.75, 3.05) is 6.61 Å². The van der Waals surface area contributed by atoms with Gasteiger partial charge in [-0.15, -0.1) is 0 Å². The van der Waals surface area contributed by atoms with Crippen molar-refractivity contribution in [3.8, 4) is 0 Å². The van der Waals surface area contributed by atoms with Crippen LogP contribution in [0.15, 0.2) is 6.33 Å². The van der Waals surface area contributed by atoms with Gasteiger partial charge in [0.05, 0.1) is 12.6 Å². The molecule has 0 spiro atoms. The second-order valence-electron chi connectivity index (χ2n) is 6.15. The molecule has 2 atom stereocenters. The van der Waals surface area contributed by atoms with Gasteiger partial charge in [-0.05, 0) is 27.2 Å². The van der Waals surface area contributed by atoms with Crippen LogP contribution in [0.2, 0.25) is 0 Å². The minimum Gasteiger partial charge on any atom is -0.378 e. The molecule has 0 bridgehead atoms. The molecule has 1 N–H and O–H groups in total. The van der Waals surface area contributed by atoms with E-state index in [2.05, 4.69) is 50.0 Å². The summed E-state index contributed by atoms with van der Waals surface area (Å²) < 4.78 is 7.72. The second-order valence-corrected chi connectivity index (χ2v) is 6.15. The van der Waals surface area contributed by atoms with Gasteiger partial charge >= 0.3 is 0 Å². The van der Waals surface area contributed by atoms with E-state index in [1.165, 1.54) is 0 Å². The van der Waals surface area contributed by atoms with Crippen LogP contribution >= 0.6 is 0 Å². The van der Waals surface area contributed by atoms with E-state index in [4.69, 9.17) is 4.74 Å². The number of rotatable bonds is 6. The van der Waals surface area contributed by atoms with Crippen molar-refractivity contribution in [2.45, 2.75) is 65.8 Å². The fourth-order valence-electron chi connectivity index (χ4n) is 2.76. The largest absolute Gasteiger partial charge is 0.378 e. The summed E-state index contributed by atoms with van der Waals surface area (Å²) in [6.45, 7) is 12.4. The lowest BCUT2D eigenvalue weighted by Gasteiger charge is -2.51. The van der Waals surface area contributed by atoms with Gasteiger partial charge in [0.15, 0.2) is 0 Å². The molecule has 5 heteroatoms. The highest BCUT2D eigenvalue weighted by molar-refractivity contribution is 5.03. The van der Waals surface area contributed by atoms with Crippen LogP contribution in [-0.2, 0) is 11.3 Å². The van der Waals surface area contributed by atoms with E-state index in [1.54, 1.807) is 6.33 Å². The van der Waals surface area contributed by atoms with Gasteiger partial charge in [0, 0.05) is 24.1 Å². The Balaban J connectivity index is 1.89. The first-order valence-electron chi connectivity index (χ1n) is 7.20. The number of aromatic nitrogens is 3. The van der Waals surface area contributed by atoms with Gasteiger partial charge in [-0.3, -0.25) is 0 Å². The van der Waals surface area contributed by atoms with Gasteiger partial charge in [0.2, 0.25) is 0 Å². The predicted molar refractivity (Wildman–Crippen MR) is 74.8 cm³/mol. The van der Waals surface area contributed by atoms with Gasteiger partial charge in [0.1, 0.15) is 12.2 Å². The number of nitrogens with one attached hydrogen (secondary N) is 1. The van der Waals surface area contributed by atoms with Crippen LogP contribution in [0, 0.1) is 5.41 Å². The Morgan fingerprint density at radius 3 is 2.84 bits per heavy atom. The molecule has 1 aliphatic carbocycles. The van der Waals surface area contributed by atoms with Gasteiger partial charge < -0.3 is 10.1 Å². The number of nitrogens with zero attached hydrogens (tertiary/aromatic N) is 3. The summed E-state index contributed by atoms with van der Waals surface area (Å²) in [5, 5.41) is 7.85. The van der Waals surface area contributed by atoms with Crippen molar-refractivity contribution in [1.82, 2.24) is 20.1 Å². The minimum atomic E-state index is 0.193. The van der Waals surface area contributed by atoms with Crippen molar-refractivity contribution in [3.63, 3.8) is 0 Å². The van der Waals surface area contributed by atoms with Crippen molar-refractivity contribution in [3.05, 3.63) is 12.2 Å². The summed E-state index contributed by atoms with van der Waals surface area (Å²) in [5.74, 6) is 1.01. The van der Waals surface area contributed by atoms with Crippen LogP contribution in [0.5, 0.6) is 0 Å². The van der Waals surface area contributed by atoms with E-state index in [-0.39, 0.29) is 5.41 Å². The number of ether oxygens (including phenoxy) is 1. The third-order valence-electron chi connectivity index (χ3n) is 4.19. The molecule has 1 aromatic heterocycles. The molecule has 1 heterocycles. The summed E-state index contributed by atoms with van der Waals surface area (Å²) >= 11 is 0. The maximum atomic E-state index is 5.75. The summed E-state index contributed by atoms with van der Waals surface area (Å²) in [4.78, 5) is 4.33. The Morgan fingerprint density at radius 1 is 1.53 bits per heavy atom. The standard InChI is InChI=1S/C14H26N4O/c1-6-19-12-7-11(14(12,4)5)15-8-13-16-9-17-18(13)10(2)3/h9-12,15H,6-8H2,1-5H3. The molecule has 0 aliphatic heterocycles. The SMILES string of the molecule is CCOC1CC(NCc2ncnn2C(C)C)C1(C)C. The molecule has 0 aromatic carbocycles. The first-order valence-corrected chi connectivity index (χ1v) is 7.20. The molecule has 2 unspecified atom stereocenters. The molecular formula is C14H26N4O. The van der Waals surface area contributed by atoms with Gasteiger partial charge in [-0.2, -0.15) is 5.10 Å². The summed E-state index contributed by atoms with van der Waals surface area (Å²) in [7, 11) is 0. The zero-order valence-electron chi connectivity index (χ0n) is 12.7. The lowest BCUT2D eigenvalue weighted by molar-refractivity contribution is -0.114. The summed E-state index contributed by atoms with van der Waals surface area (Å²) in [5.41, 5.74) is 0.193. The van der Waals surface area contributed by atoms with Crippen molar-refractivity contribution in [1.29, 1.82) is 0 Å².